The summed E-state index contributed by atoms with van der Waals surface area (Å²) in [5, 5.41) is 8.98. The Balaban J connectivity index is 2.64. The Hall–Kier alpha value is -1.55. The first-order valence-electron chi connectivity index (χ1n) is 7.20. The van der Waals surface area contributed by atoms with Crippen molar-refractivity contribution in [1.82, 2.24) is 4.90 Å². The van der Waals surface area contributed by atoms with Crippen molar-refractivity contribution < 1.29 is 14.6 Å². The number of nitrogens with zero attached hydrogens (tertiary/aromatic N) is 1. The van der Waals surface area contributed by atoms with Crippen molar-refractivity contribution >= 4 is 5.91 Å². The van der Waals surface area contributed by atoms with Gasteiger partial charge in [-0.2, -0.15) is 0 Å². The molecule has 0 fully saturated rings. The molecule has 0 aliphatic rings. The second-order valence-electron chi connectivity index (χ2n) is 5.09. The van der Waals surface area contributed by atoms with Crippen LogP contribution in [-0.2, 0) is 4.79 Å². The van der Waals surface area contributed by atoms with Gasteiger partial charge in [0.15, 0.2) is 6.61 Å². The molecule has 0 aliphatic heterocycles. The Morgan fingerprint density at radius 2 is 2.00 bits per heavy atom. The summed E-state index contributed by atoms with van der Waals surface area (Å²) in [6.45, 7) is 7.21. The fraction of sp³-hybridized carbons (Fsp3) is 0.562. The molecule has 0 saturated heterocycles. The molecule has 1 aromatic rings. The maximum Gasteiger partial charge on any atom is 0.260 e. The zero-order chi connectivity index (χ0) is 15.0. The fourth-order valence-electron chi connectivity index (χ4n) is 2.07. The molecule has 1 rings (SSSR count). The van der Waals surface area contributed by atoms with E-state index in [1.54, 1.807) is 4.90 Å². The largest absolute Gasteiger partial charge is 0.483 e. The molecule has 0 bridgehead atoms. The number of hydrogen-bond acceptors (Lipinski definition) is 3. The van der Waals surface area contributed by atoms with E-state index in [4.69, 9.17) is 9.84 Å². The normalized spacial score (nSPS) is 10.7. The highest BCUT2D eigenvalue weighted by molar-refractivity contribution is 5.77. The average Bonchev–Trinajstić information content (AvgIpc) is 2.44. The Bertz CT molecular complexity index is 412. The summed E-state index contributed by atoms with van der Waals surface area (Å²) >= 11 is 0. The van der Waals surface area contributed by atoms with Gasteiger partial charge in [-0.1, -0.05) is 39.0 Å². The van der Waals surface area contributed by atoms with Gasteiger partial charge in [-0.05, 0) is 24.0 Å². The molecule has 0 saturated carbocycles. The highest BCUT2D eigenvalue weighted by Crippen LogP contribution is 2.25. The van der Waals surface area contributed by atoms with Gasteiger partial charge in [-0.3, -0.25) is 4.79 Å². The minimum absolute atomic E-state index is 0.0176. The van der Waals surface area contributed by atoms with Crippen LogP contribution in [0.15, 0.2) is 24.3 Å². The highest BCUT2D eigenvalue weighted by Gasteiger charge is 2.14. The zero-order valence-corrected chi connectivity index (χ0v) is 12.6. The SMILES string of the molecule is CCCN(CCO)C(=O)COc1ccccc1C(C)C. The first kappa shape index (κ1) is 16.5. The smallest absolute Gasteiger partial charge is 0.260 e. The lowest BCUT2D eigenvalue weighted by molar-refractivity contribution is -0.133. The number of carbonyl (C=O) groups is 1. The molecule has 0 atom stereocenters. The molecule has 4 heteroatoms. The van der Waals surface area contributed by atoms with E-state index in [2.05, 4.69) is 13.8 Å². The number of hydrogen-bond donors (Lipinski definition) is 1. The monoisotopic (exact) mass is 279 g/mol. The fourth-order valence-corrected chi connectivity index (χ4v) is 2.07. The van der Waals surface area contributed by atoms with Crippen LogP contribution in [0.5, 0.6) is 5.75 Å². The van der Waals surface area contributed by atoms with Crippen LogP contribution < -0.4 is 4.74 Å². The van der Waals surface area contributed by atoms with Gasteiger partial charge in [-0.15, -0.1) is 0 Å². The minimum atomic E-state index is -0.0838. The van der Waals surface area contributed by atoms with E-state index >= 15 is 0 Å². The Morgan fingerprint density at radius 3 is 2.60 bits per heavy atom. The van der Waals surface area contributed by atoms with Crippen molar-refractivity contribution in [3.63, 3.8) is 0 Å². The van der Waals surface area contributed by atoms with E-state index in [0.717, 1.165) is 17.7 Å². The van der Waals surface area contributed by atoms with Crippen LogP contribution >= 0.6 is 0 Å². The van der Waals surface area contributed by atoms with Crippen LogP contribution in [-0.4, -0.2) is 42.2 Å². The van der Waals surface area contributed by atoms with Crippen LogP contribution in [0.25, 0.3) is 0 Å². The summed E-state index contributed by atoms with van der Waals surface area (Å²) in [5.74, 6) is 1.03. The lowest BCUT2D eigenvalue weighted by Gasteiger charge is -2.21. The van der Waals surface area contributed by atoms with Crippen molar-refractivity contribution in [2.24, 2.45) is 0 Å². The summed E-state index contributed by atoms with van der Waals surface area (Å²) in [5.41, 5.74) is 1.10. The molecule has 0 spiro atoms. The quantitative estimate of drug-likeness (QED) is 0.795. The number of ether oxygens (including phenoxy) is 1. The summed E-state index contributed by atoms with van der Waals surface area (Å²) in [7, 11) is 0. The summed E-state index contributed by atoms with van der Waals surface area (Å²) in [4.78, 5) is 13.7. The Kier molecular flexibility index (Phi) is 7.09. The van der Waals surface area contributed by atoms with Crippen molar-refractivity contribution in [3.8, 4) is 5.75 Å². The van der Waals surface area contributed by atoms with Crippen molar-refractivity contribution in [2.75, 3.05) is 26.3 Å². The number of rotatable bonds is 8. The molecule has 1 aromatic carbocycles. The van der Waals surface area contributed by atoms with Gasteiger partial charge in [0.2, 0.25) is 0 Å². The second-order valence-corrected chi connectivity index (χ2v) is 5.09. The van der Waals surface area contributed by atoms with E-state index in [0.29, 0.717) is 19.0 Å². The average molecular weight is 279 g/mol. The van der Waals surface area contributed by atoms with Gasteiger partial charge in [0.05, 0.1) is 6.61 Å². The van der Waals surface area contributed by atoms with E-state index in [1.165, 1.54) is 0 Å². The van der Waals surface area contributed by atoms with Crippen LogP contribution in [0.2, 0.25) is 0 Å². The third kappa shape index (κ3) is 4.85. The van der Waals surface area contributed by atoms with Gasteiger partial charge in [0.1, 0.15) is 5.75 Å². The number of aliphatic hydroxyl groups is 1. The van der Waals surface area contributed by atoms with Crippen LogP contribution in [0.1, 0.15) is 38.7 Å². The van der Waals surface area contributed by atoms with Gasteiger partial charge in [0, 0.05) is 13.1 Å². The maximum atomic E-state index is 12.1. The van der Waals surface area contributed by atoms with Gasteiger partial charge in [-0.25, -0.2) is 0 Å². The Morgan fingerprint density at radius 1 is 1.30 bits per heavy atom. The number of carbonyl (C=O) groups excluding carboxylic acids is 1. The van der Waals surface area contributed by atoms with E-state index in [-0.39, 0.29) is 19.1 Å². The van der Waals surface area contributed by atoms with Gasteiger partial charge >= 0.3 is 0 Å². The molecule has 0 radical (unpaired) electrons. The molecule has 4 nitrogen and oxygen atoms in total. The molecule has 0 aromatic heterocycles. The topological polar surface area (TPSA) is 49.8 Å². The summed E-state index contributed by atoms with van der Waals surface area (Å²) in [6, 6.07) is 7.78. The number of amides is 1. The number of para-hydroxylation sites is 1. The van der Waals surface area contributed by atoms with Crippen molar-refractivity contribution in [1.29, 1.82) is 0 Å². The predicted molar refractivity (Wildman–Crippen MR) is 80.0 cm³/mol. The third-order valence-electron chi connectivity index (χ3n) is 3.11. The van der Waals surface area contributed by atoms with Crippen LogP contribution in [0.3, 0.4) is 0 Å². The van der Waals surface area contributed by atoms with Crippen LogP contribution in [0.4, 0.5) is 0 Å². The minimum Gasteiger partial charge on any atom is -0.483 e. The molecule has 1 amide bonds. The molecule has 1 N–H and O–H groups in total. The molecule has 0 heterocycles. The Labute approximate surface area is 121 Å². The molecule has 0 aliphatic carbocycles. The lowest BCUT2D eigenvalue weighted by Crippen LogP contribution is -2.37. The summed E-state index contributed by atoms with van der Waals surface area (Å²) in [6.07, 6.45) is 0.869. The first-order chi connectivity index (χ1) is 9.60. The number of benzene rings is 1. The third-order valence-corrected chi connectivity index (χ3v) is 3.11. The number of aliphatic hydroxyl groups excluding tert-OH is 1. The molecule has 112 valence electrons. The van der Waals surface area contributed by atoms with Crippen LogP contribution in [0, 0.1) is 0 Å². The first-order valence-corrected chi connectivity index (χ1v) is 7.20. The predicted octanol–water partition coefficient (Wildman–Crippen LogP) is 2.42. The lowest BCUT2D eigenvalue weighted by atomic mass is 10.0. The maximum absolute atomic E-state index is 12.1. The van der Waals surface area contributed by atoms with Gasteiger partial charge in [0.25, 0.3) is 5.91 Å². The zero-order valence-electron chi connectivity index (χ0n) is 12.6. The van der Waals surface area contributed by atoms with E-state index < -0.39 is 0 Å². The van der Waals surface area contributed by atoms with Crippen molar-refractivity contribution in [3.05, 3.63) is 29.8 Å². The summed E-state index contributed by atoms with van der Waals surface area (Å²) < 4.78 is 5.66. The molecular weight excluding hydrogens is 254 g/mol. The molecule has 0 unspecified atom stereocenters. The van der Waals surface area contributed by atoms with E-state index in [9.17, 15) is 4.79 Å². The van der Waals surface area contributed by atoms with Crippen molar-refractivity contribution in [2.45, 2.75) is 33.1 Å². The van der Waals surface area contributed by atoms with Gasteiger partial charge < -0.3 is 14.7 Å². The molecular formula is C16H25NO3. The standard InChI is InChI=1S/C16H25NO3/c1-4-9-17(10-11-18)16(19)12-20-15-8-6-5-7-14(15)13(2)3/h5-8,13,18H,4,9-12H2,1-3H3. The second kappa shape index (κ2) is 8.59. The van der Waals surface area contributed by atoms with E-state index in [1.807, 2.05) is 31.2 Å². The molecule has 20 heavy (non-hydrogen) atoms. The highest BCUT2D eigenvalue weighted by atomic mass is 16.5.